The summed E-state index contributed by atoms with van der Waals surface area (Å²) in [5.41, 5.74) is -10.0. The normalized spacial score (nSPS) is 12.5. The molecule has 0 heterocycles. The molecule has 34 heavy (non-hydrogen) atoms. The van der Waals surface area contributed by atoms with Crippen LogP contribution < -0.4 is 58.7 Å². The molecule has 0 saturated heterocycles. The van der Waals surface area contributed by atoms with Crippen LogP contribution in [0.5, 0.6) is 0 Å². The number of hydrogen-bond acceptors (Lipinski definition) is 21. The molecule has 0 aromatic carbocycles. The van der Waals surface area contributed by atoms with E-state index in [0.29, 0.717) is 0 Å². The van der Waals surface area contributed by atoms with Gasteiger partial charge in [-0.05, 0) is 45.6 Å². The van der Waals surface area contributed by atoms with Gasteiger partial charge >= 0.3 is 167 Å². The Morgan fingerprint density at radius 1 is 0.324 bits per heavy atom. The maximum Gasteiger partial charge on any atom is 3.00 e. The molecule has 0 spiro atoms. The van der Waals surface area contributed by atoms with Crippen molar-refractivity contribution in [1.29, 1.82) is 0 Å². The molecule has 4 radical (unpaired) electrons. The minimum atomic E-state index is -5.71. The summed E-state index contributed by atoms with van der Waals surface area (Å²) in [5.74, 6) is 0. The Hall–Kier alpha value is 6.29. The first-order valence-corrected chi connectivity index (χ1v) is 15.3. The molecule has 31 heteroatoms. The zero-order valence-electron chi connectivity index (χ0n) is 15.1. The van der Waals surface area contributed by atoms with E-state index in [1.165, 1.54) is 0 Å². The zero-order valence-corrected chi connectivity index (χ0v) is 33.0. The van der Waals surface area contributed by atoms with E-state index < -0.39 is 62.3 Å². The van der Waals surface area contributed by atoms with Gasteiger partial charge in [-0.3, -0.25) is 0 Å². The van der Waals surface area contributed by atoms with Crippen molar-refractivity contribution < 1.29 is 268 Å². The number of hydrogen-bond donors (Lipinski definition) is 3. The molecule has 0 aromatic heterocycles. The van der Waals surface area contributed by atoms with Gasteiger partial charge in [0.15, 0.2) is 0 Å². The standard InChI is InChI=1S/3CH6O7P2.4Ce/c3*2-1(9(3,4)5)10(6,7)8;;;;/h3*1-2H,(H2,3,4,5)(H2,6,7,8);;;;/q;;;4*+3/p-12. The molecule has 3 N–H and O–H groups in total. The second kappa shape index (κ2) is 21.9. The predicted molar refractivity (Wildman–Crippen MR) is 63.7 cm³/mol. The van der Waals surface area contributed by atoms with Gasteiger partial charge in [-0.2, -0.15) is 0 Å². The molecular weight excluding hydrogens is 1120 g/mol. The molecule has 190 valence electrons. The van der Waals surface area contributed by atoms with E-state index in [1.54, 1.807) is 0 Å². The van der Waals surface area contributed by atoms with E-state index in [-0.39, 0.29) is 167 Å². The molecule has 0 aliphatic carbocycles. The van der Waals surface area contributed by atoms with Crippen LogP contribution in [0.2, 0.25) is 0 Å². The van der Waals surface area contributed by atoms with E-state index in [1.807, 2.05) is 0 Å². The van der Waals surface area contributed by atoms with Crippen molar-refractivity contribution in [3.63, 3.8) is 0 Å². The SMILES string of the molecule is O=P([O-])([O-])C(O)P(=O)([O-])[O-].O=P([O-])([O-])C(O)P(=O)([O-])[O-].O=P([O-])([O-])C(O)P(=O)([O-])[O-].[Ce+3].[Ce+3].[Ce+3].[Ce+3]. The zero-order chi connectivity index (χ0) is 25.7. The summed E-state index contributed by atoms with van der Waals surface area (Å²) >= 11 is 0. The Kier molecular flexibility index (Phi) is 36.1. The van der Waals surface area contributed by atoms with E-state index in [0.717, 1.165) is 0 Å². The molecule has 0 bridgehead atoms. The third-order valence-electron chi connectivity index (χ3n) is 1.70. The van der Waals surface area contributed by atoms with Gasteiger partial charge < -0.3 is 101 Å². The third kappa shape index (κ3) is 29.8. The average molecular weight is 1120 g/mol. The second-order valence-electron chi connectivity index (χ2n) is 4.28. The minimum Gasteiger partial charge on any atom is -0.809 e. The van der Waals surface area contributed by atoms with Gasteiger partial charge in [0.2, 0.25) is 0 Å². The number of rotatable bonds is 6. The van der Waals surface area contributed by atoms with Crippen molar-refractivity contribution in [2.45, 2.75) is 16.8 Å². The number of aliphatic hydroxyl groups is 3. The predicted octanol–water partition coefficient (Wildman–Crippen LogP) is -11.7. The minimum absolute atomic E-state index is 0. The van der Waals surface area contributed by atoms with Crippen LogP contribution in [0.25, 0.3) is 0 Å². The maximum atomic E-state index is 9.63. The Morgan fingerprint density at radius 2 is 0.382 bits per heavy atom. The summed E-state index contributed by atoms with van der Waals surface area (Å²) in [7, 11) is -34.3. The van der Waals surface area contributed by atoms with Crippen molar-refractivity contribution in [2.75, 3.05) is 0 Å². The number of aliphatic hydroxyl groups excluding tert-OH is 3. The quantitative estimate of drug-likeness (QED) is 0.208. The Labute approximate surface area is 324 Å². The third-order valence-corrected chi connectivity index (χ3v) is 10.2. The monoisotopic (exact) mass is 1120 g/mol. The van der Waals surface area contributed by atoms with Gasteiger partial charge in [0.25, 0.3) is 0 Å². The van der Waals surface area contributed by atoms with E-state index >= 15 is 0 Å². The van der Waals surface area contributed by atoms with Crippen LogP contribution >= 0.6 is 45.6 Å². The molecule has 0 rings (SSSR count). The van der Waals surface area contributed by atoms with Crippen molar-refractivity contribution in [2.24, 2.45) is 0 Å². The summed E-state index contributed by atoms with van der Waals surface area (Å²) in [6, 6.07) is 0. The Balaban J connectivity index is -0.0000000607. The van der Waals surface area contributed by atoms with E-state index in [9.17, 15) is 86.1 Å². The summed E-state index contributed by atoms with van der Waals surface area (Å²) in [6.45, 7) is 0. The van der Waals surface area contributed by atoms with Gasteiger partial charge in [-0.15, -0.1) is 0 Å². The maximum absolute atomic E-state index is 9.63. The van der Waals surface area contributed by atoms with Crippen LogP contribution in [0.1, 0.15) is 0 Å². The first-order chi connectivity index (χ1) is 12.5. The summed E-state index contributed by atoms with van der Waals surface area (Å²) in [5, 5.41) is 23.8. The molecule has 0 aliphatic heterocycles. The molecule has 0 atom stereocenters. The second-order valence-corrected chi connectivity index (χ2v) is 14.9. The molecule has 0 amide bonds. The first kappa shape index (κ1) is 56.1. The van der Waals surface area contributed by atoms with E-state index in [2.05, 4.69) is 0 Å². The fourth-order valence-corrected chi connectivity index (χ4v) is 4.68. The van der Waals surface area contributed by atoms with Crippen LogP contribution in [-0.4, -0.2) is 32.1 Å². The van der Waals surface area contributed by atoms with Crippen LogP contribution in [-0.2, 0) is 27.4 Å². The topological polar surface area (TPSA) is 440 Å². The van der Waals surface area contributed by atoms with Crippen LogP contribution in [0.4, 0.5) is 0 Å². The molecular formula is C3H6Ce4O21P6. The van der Waals surface area contributed by atoms with Crippen molar-refractivity contribution in [3.05, 3.63) is 0 Å². The molecule has 0 aliphatic rings. The largest absolute Gasteiger partial charge is 3.00 e. The summed E-state index contributed by atoms with van der Waals surface area (Å²) in [4.78, 5) is 116. The Bertz CT molecular complexity index is 648. The molecule has 0 unspecified atom stereocenters. The fraction of sp³-hybridized carbons (Fsp3) is 1.00. The molecule has 0 fully saturated rings. The smallest absolute Gasteiger partial charge is 0.809 e. The van der Waals surface area contributed by atoms with Gasteiger partial charge in [0.1, 0.15) is 16.8 Å². The van der Waals surface area contributed by atoms with Crippen molar-refractivity contribution in [3.8, 4) is 0 Å². The van der Waals surface area contributed by atoms with Gasteiger partial charge in [-0.1, -0.05) is 0 Å². The molecule has 0 saturated carbocycles. The first-order valence-electron chi connectivity index (χ1n) is 5.61. The molecule has 0 aromatic rings. The van der Waals surface area contributed by atoms with Crippen LogP contribution in [0, 0.1) is 167 Å². The fourth-order valence-electron chi connectivity index (χ4n) is 0.520. The average Bonchev–Trinajstić information content (AvgIpc) is 2.40. The van der Waals surface area contributed by atoms with Crippen molar-refractivity contribution in [1.82, 2.24) is 0 Å². The summed E-state index contributed by atoms with van der Waals surface area (Å²) in [6.07, 6.45) is 0. The summed E-state index contributed by atoms with van der Waals surface area (Å²) < 4.78 is 57.8. The van der Waals surface area contributed by atoms with Crippen LogP contribution in [0.3, 0.4) is 0 Å². The van der Waals surface area contributed by atoms with Crippen LogP contribution in [0.15, 0.2) is 0 Å². The van der Waals surface area contributed by atoms with E-state index in [4.69, 9.17) is 15.3 Å². The molecule has 21 nitrogen and oxygen atoms in total. The van der Waals surface area contributed by atoms with Gasteiger partial charge in [-0.25, -0.2) is 0 Å². The van der Waals surface area contributed by atoms with Gasteiger partial charge in [0.05, 0.1) is 0 Å². The van der Waals surface area contributed by atoms with Crippen molar-refractivity contribution >= 4 is 45.6 Å². The van der Waals surface area contributed by atoms with Gasteiger partial charge in [0, 0.05) is 0 Å². The Morgan fingerprint density at radius 3 is 0.382 bits per heavy atom.